The summed E-state index contributed by atoms with van der Waals surface area (Å²) in [4.78, 5) is 21.6. The molecule has 5 heteroatoms. The van der Waals surface area contributed by atoms with E-state index in [2.05, 4.69) is 5.43 Å². The zero-order valence-electron chi connectivity index (χ0n) is 8.30. The van der Waals surface area contributed by atoms with Crippen LogP contribution in [0.5, 0.6) is 0 Å². The van der Waals surface area contributed by atoms with Crippen molar-refractivity contribution in [3.8, 4) is 0 Å². The number of nitrogens with zero attached hydrogens (tertiary/aromatic N) is 1. The third kappa shape index (κ3) is 3.40. The van der Waals surface area contributed by atoms with Gasteiger partial charge in [-0.2, -0.15) is 0 Å². The highest BCUT2D eigenvalue weighted by Crippen LogP contribution is 2.10. The second kappa shape index (κ2) is 5.11. The van der Waals surface area contributed by atoms with E-state index in [9.17, 15) is 9.59 Å². The number of carboxylic acids is 1. The Morgan fingerprint density at radius 2 is 1.93 bits per heavy atom. The van der Waals surface area contributed by atoms with Crippen molar-refractivity contribution < 1.29 is 14.7 Å². The summed E-state index contributed by atoms with van der Waals surface area (Å²) in [5.74, 6) is -1.28. The Morgan fingerprint density at radius 1 is 1.33 bits per heavy atom. The van der Waals surface area contributed by atoms with Gasteiger partial charge in [0.1, 0.15) is 6.54 Å². The quantitative estimate of drug-likeness (QED) is 0.712. The van der Waals surface area contributed by atoms with E-state index in [0.29, 0.717) is 5.69 Å². The van der Waals surface area contributed by atoms with Crippen molar-refractivity contribution >= 4 is 17.6 Å². The topological polar surface area (TPSA) is 69.6 Å². The van der Waals surface area contributed by atoms with Gasteiger partial charge in [0.15, 0.2) is 0 Å². The SMILES string of the molecule is CC(=O)N(NCC(=O)O)c1ccccc1. The van der Waals surface area contributed by atoms with Crippen LogP contribution < -0.4 is 10.4 Å². The summed E-state index contributed by atoms with van der Waals surface area (Å²) >= 11 is 0. The molecule has 1 aromatic rings. The predicted molar refractivity (Wildman–Crippen MR) is 55.2 cm³/mol. The molecule has 0 unspecified atom stereocenters. The Morgan fingerprint density at radius 3 is 2.40 bits per heavy atom. The van der Waals surface area contributed by atoms with Crippen molar-refractivity contribution in [2.24, 2.45) is 0 Å². The predicted octanol–water partition coefficient (Wildman–Crippen LogP) is 0.629. The van der Waals surface area contributed by atoms with E-state index in [1.807, 2.05) is 6.07 Å². The number of anilines is 1. The maximum Gasteiger partial charge on any atom is 0.319 e. The second-order valence-electron chi connectivity index (χ2n) is 2.92. The number of para-hydroxylation sites is 1. The molecule has 2 N–H and O–H groups in total. The first-order valence-electron chi connectivity index (χ1n) is 4.42. The van der Waals surface area contributed by atoms with E-state index in [-0.39, 0.29) is 12.5 Å². The maximum atomic E-state index is 11.2. The number of amides is 1. The minimum Gasteiger partial charge on any atom is -0.480 e. The highest BCUT2D eigenvalue weighted by atomic mass is 16.4. The van der Waals surface area contributed by atoms with E-state index in [4.69, 9.17) is 5.11 Å². The van der Waals surface area contributed by atoms with Crippen LogP contribution in [-0.2, 0) is 9.59 Å². The number of carbonyl (C=O) groups excluding carboxylic acids is 1. The molecule has 80 valence electrons. The Hall–Kier alpha value is -1.88. The van der Waals surface area contributed by atoms with Gasteiger partial charge in [0.05, 0.1) is 5.69 Å². The van der Waals surface area contributed by atoms with Crippen LogP contribution in [0.3, 0.4) is 0 Å². The maximum absolute atomic E-state index is 11.2. The minimum absolute atomic E-state index is 0.262. The van der Waals surface area contributed by atoms with E-state index in [1.165, 1.54) is 11.9 Å². The molecule has 1 amide bonds. The first-order valence-corrected chi connectivity index (χ1v) is 4.42. The number of hydrazine groups is 1. The van der Waals surface area contributed by atoms with Crippen LogP contribution in [0.4, 0.5) is 5.69 Å². The van der Waals surface area contributed by atoms with Gasteiger partial charge in [-0.05, 0) is 12.1 Å². The molecule has 0 heterocycles. The van der Waals surface area contributed by atoms with E-state index < -0.39 is 5.97 Å². The molecule has 1 rings (SSSR count). The zero-order valence-corrected chi connectivity index (χ0v) is 8.30. The summed E-state index contributed by atoms with van der Waals surface area (Å²) in [6, 6.07) is 8.80. The highest BCUT2D eigenvalue weighted by Gasteiger charge is 2.11. The summed E-state index contributed by atoms with van der Waals surface area (Å²) in [5.41, 5.74) is 3.14. The zero-order chi connectivity index (χ0) is 11.3. The van der Waals surface area contributed by atoms with Gasteiger partial charge >= 0.3 is 5.97 Å². The van der Waals surface area contributed by atoms with E-state index in [1.54, 1.807) is 24.3 Å². The third-order valence-electron chi connectivity index (χ3n) is 1.72. The van der Waals surface area contributed by atoms with Crippen molar-refractivity contribution in [3.05, 3.63) is 30.3 Å². The molecule has 15 heavy (non-hydrogen) atoms. The lowest BCUT2D eigenvalue weighted by atomic mass is 10.3. The standard InChI is InChI=1S/C10H12N2O3/c1-8(13)12(11-7-10(14)15)9-5-3-2-4-6-9/h2-6,11H,7H2,1H3,(H,14,15). The Labute approximate surface area is 87.3 Å². The molecule has 0 fully saturated rings. The summed E-state index contributed by atoms with van der Waals surface area (Å²) in [5, 5.41) is 9.69. The monoisotopic (exact) mass is 208 g/mol. The lowest BCUT2D eigenvalue weighted by molar-refractivity contribution is -0.136. The second-order valence-corrected chi connectivity index (χ2v) is 2.92. The van der Waals surface area contributed by atoms with Crippen LogP contribution >= 0.6 is 0 Å². The summed E-state index contributed by atoms with van der Waals surface area (Å²) in [6.45, 7) is 1.07. The Kier molecular flexibility index (Phi) is 3.82. The molecule has 0 radical (unpaired) electrons. The van der Waals surface area contributed by atoms with Gasteiger partial charge in [0, 0.05) is 6.92 Å². The van der Waals surface area contributed by atoms with Gasteiger partial charge in [-0.15, -0.1) is 0 Å². The van der Waals surface area contributed by atoms with E-state index in [0.717, 1.165) is 0 Å². The molecule has 1 aromatic carbocycles. The molecule has 0 aromatic heterocycles. The first-order chi connectivity index (χ1) is 7.11. The summed E-state index contributed by atoms with van der Waals surface area (Å²) in [7, 11) is 0. The third-order valence-corrected chi connectivity index (χ3v) is 1.72. The molecule has 0 aliphatic rings. The number of carbonyl (C=O) groups is 2. The molecule has 0 atom stereocenters. The lowest BCUT2D eigenvalue weighted by Crippen LogP contribution is -2.44. The van der Waals surface area contributed by atoms with Gasteiger partial charge in [0.25, 0.3) is 0 Å². The fourth-order valence-electron chi connectivity index (χ4n) is 1.11. The van der Waals surface area contributed by atoms with Crippen LogP contribution in [-0.4, -0.2) is 23.5 Å². The molecule has 0 aliphatic carbocycles. The van der Waals surface area contributed by atoms with Crippen LogP contribution in [0, 0.1) is 0 Å². The van der Waals surface area contributed by atoms with Gasteiger partial charge in [-0.1, -0.05) is 18.2 Å². The van der Waals surface area contributed by atoms with Crippen molar-refractivity contribution in [2.75, 3.05) is 11.6 Å². The summed E-state index contributed by atoms with van der Waals surface area (Å²) < 4.78 is 0. The number of aliphatic carboxylic acids is 1. The number of hydrogen-bond acceptors (Lipinski definition) is 3. The van der Waals surface area contributed by atoms with Gasteiger partial charge in [-0.3, -0.25) is 9.59 Å². The van der Waals surface area contributed by atoms with Crippen LogP contribution in [0.1, 0.15) is 6.92 Å². The largest absolute Gasteiger partial charge is 0.480 e. The number of nitrogens with one attached hydrogen (secondary N) is 1. The number of benzene rings is 1. The van der Waals surface area contributed by atoms with Crippen LogP contribution in [0.25, 0.3) is 0 Å². The molecule has 0 aliphatic heterocycles. The normalized spacial score (nSPS) is 9.67. The molecule has 0 bridgehead atoms. The first kappa shape index (κ1) is 11.2. The van der Waals surface area contributed by atoms with Gasteiger partial charge in [-0.25, -0.2) is 10.4 Å². The number of hydrogen-bond donors (Lipinski definition) is 2. The Balaban J connectivity index is 2.75. The van der Waals surface area contributed by atoms with Crippen LogP contribution in [0.2, 0.25) is 0 Å². The smallest absolute Gasteiger partial charge is 0.319 e. The van der Waals surface area contributed by atoms with Crippen molar-refractivity contribution in [1.29, 1.82) is 0 Å². The fourth-order valence-corrected chi connectivity index (χ4v) is 1.11. The average Bonchev–Trinajstić information content (AvgIpc) is 2.18. The molecule has 5 nitrogen and oxygen atoms in total. The van der Waals surface area contributed by atoms with Crippen molar-refractivity contribution in [1.82, 2.24) is 5.43 Å². The number of carboxylic acid groups (broad SMARTS) is 1. The van der Waals surface area contributed by atoms with Crippen molar-refractivity contribution in [2.45, 2.75) is 6.92 Å². The van der Waals surface area contributed by atoms with Gasteiger partial charge in [0.2, 0.25) is 5.91 Å². The molecule has 0 spiro atoms. The average molecular weight is 208 g/mol. The van der Waals surface area contributed by atoms with Crippen molar-refractivity contribution in [3.63, 3.8) is 0 Å². The minimum atomic E-state index is -1.02. The molecule has 0 saturated carbocycles. The molecule has 0 saturated heterocycles. The Bertz CT molecular complexity index is 351. The highest BCUT2D eigenvalue weighted by molar-refractivity contribution is 5.90. The van der Waals surface area contributed by atoms with Crippen LogP contribution in [0.15, 0.2) is 30.3 Å². The molecular weight excluding hydrogens is 196 g/mol. The van der Waals surface area contributed by atoms with Gasteiger partial charge < -0.3 is 5.11 Å². The number of rotatable bonds is 4. The molecular formula is C10H12N2O3. The summed E-state index contributed by atoms with van der Waals surface area (Å²) in [6.07, 6.45) is 0. The lowest BCUT2D eigenvalue weighted by Gasteiger charge is -2.20. The van der Waals surface area contributed by atoms with E-state index >= 15 is 0 Å². The fraction of sp³-hybridized carbons (Fsp3) is 0.200.